The van der Waals surface area contributed by atoms with Gasteiger partial charge in [0.15, 0.2) is 0 Å². The van der Waals surface area contributed by atoms with Gasteiger partial charge in [-0.3, -0.25) is 4.79 Å². The fourth-order valence-electron chi connectivity index (χ4n) is 1.65. The molecule has 1 rings (SSSR count). The van der Waals surface area contributed by atoms with Gasteiger partial charge in [-0.15, -0.1) is 0 Å². The van der Waals surface area contributed by atoms with Gasteiger partial charge < -0.3 is 9.64 Å². The maximum atomic E-state index is 11.7. The van der Waals surface area contributed by atoms with Crippen LogP contribution < -0.4 is 4.74 Å². The van der Waals surface area contributed by atoms with Gasteiger partial charge in [0.05, 0.1) is 7.11 Å². The van der Waals surface area contributed by atoms with Crippen molar-refractivity contribution in [2.24, 2.45) is 0 Å². The Hall–Kier alpha value is -1.03. The number of ether oxygens (including phenoxy) is 1. The van der Waals surface area contributed by atoms with Crippen molar-refractivity contribution in [3.05, 3.63) is 29.3 Å². The van der Waals surface area contributed by atoms with Crippen LogP contribution in [0.5, 0.6) is 5.75 Å². The zero-order valence-electron chi connectivity index (χ0n) is 10.5. The molecule has 0 bridgehead atoms. The van der Waals surface area contributed by atoms with Crippen molar-refractivity contribution in [2.75, 3.05) is 19.5 Å². The number of benzene rings is 1. The smallest absolute Gasteiger partial charge is 0.223 e. The molecule has 94 valence electrons. The minimum atomic E-state index is 0.130. The van der Waals surface area contributed by atoms with E-state index in [0.29, 0.717) is 18.3 Å². The lowest BCUT2D eigenvalue weighted by molar-refractivity contribution is -0.129. The number of alkyl halides is 1. The molecule has 1 amide bonds. The predicted molar refractivity (Wildman–Crippen MR) is 72.6 cm³/mol. The lowest BCUT2D eigenvalue weighted by Gasteiger charge is -2.18. The van der Waals surface area contributed by atoms with Crippen molar-refractivity contribution in [3.63, 3.8) is 0 Å². The van der Waals surface area contributed by atoms with Crippen LogP contribution >= 0.6 is 15.9 Å². The summed E-state index contributed by atoms with van der Waals surface area (Å²) in [6.07, 6.45) is 0.518. The molecule has 1 aromatic rings. The molecule has 0 spiro atoms. The van der Waals surface area contributed by atoms with E-state index in [0.717, 1.165) is 11.3 Å². The molecule has 0 radical (unpaired) electrons. The molecule has 17 heavy (non-hydrogen) atoms. The standard InChI is InChI=1S/C13H18BrNO2/c1-10-4-5-12(17-3)11(8-10)9-15(2)13(16)6-7-14/h4-5,8H,6-7,9H2,1-3H3. The van der Waals surface area contributed by atoms with Crippen molar-refractivity contribution in [1.29, 1.82) is 0 Å². The minimum absolute atomic E-state index is 0.130. The lowest BCUT2D eigenvalue weighted by Crippen LogP contribution is -2.26. The van der Waals surface area contributed by atoms with E-state index >= 15 is 0 Å². The summed E-state index contributed by atoms with van der Waals surface area (Å²) in [4.78, 5) is 13.4. The van der Waals surface area contributed by atoms with Gasteiger partial charge in [-0.05, 0) is 13.0 Å². The van der Waals surface area contributed by atoms with E-state index in [4.69, 9.17) is 4.74 Å². The number of aryl methyl sites for hydroxylation is 1. The first kappa shape index (κ1) is 14.0. The average Bonchev–Trinajstić information content (AvgIpc) is 2.29. The van der Waals surface area contributed by atoms with Crippen LogP contribution in [-0.2, 0) is 11.3 Å². The maximum absolute atomic E-state index is 11.7. The van der Waals surface area contributed by atoms with Crippen LogP contribution in [0.4, 0.5) is 0 Å². The maximum Gasteiger partial charge on any atom is 0.223 e. The highest BCUT2D eigenvalue weighted by Gasteiger charge is 2.11. The highest BCUT2D eigenvalue weighted by atomic mass is 79.9. The molecule has 0 aliphatic heterocycles. The minimum Gasteiger partial charge on any atom is -0.496 e. The van der Waals surface area contributed by atoms with Crippen molar-refractivity contribution < 1.29 is 9.53 Å². The molecule has 0 saturated heterocycles. The molecular weight excluding hydrogens is 282 g/mol. The molecule has 0 aliphatic rings. The van der Waals surface area contributed by atoms with Gasteiger partial charge in [-0.25, -0.2) is 0 Å². The molecule has 0 aliphatic carbocycles. The normalized spacial score (nSPS) is 10.1. The van der Waals surface area contributed by atoms with E-state index in [-0.39, 0.29) is 5.91 Å². The van der Waals surface area contributed by atoms with Crippen LogP contribution in [0.25, 0.3) is 0 Å². The van der Waals surface area contributed by atoms with Gasteiger partial charge in [0, 0.05) is 30.9 Å². The van der Waals surface area contributed by atoms with Gasteiger partial charge >= 0.3 is 0 Å². The zero-order valence-corrected chi connectivity index (χ0v) is 12.1. The Balaban J connectivity index is 2.79. The van der Waals surface area contributed by atoms with Crippen LogP contribution in [0.3, 0.4) is 0 Å². The predicted octanol–water partition coefficient (Wildman–Crippen LogP) is 2.75. The number of carbonyl (C=O) groups is 1. The van der Waals surface area contributed by atoms with Crippen molar-refractivity contribution in [3.8, 4) is 5.75 Å². The summed E-state index contributed by atoms with van der Waals surface area (Å²) < 4.78 is 5.29. The van der Waals surface area contributed by atoms with Gasteiger partial charge in [-0.2, -0.15) is 0 Å². The third-order valence-corrected chi connectivity index (χ3v) is 2.97. The summed E-state index contributed by atoms with van der Waals surface area (Å²) in [5.74, 6) is 0.958. The molecule has 0 N–H and O–H groups in total. The Bertz CT molecular complexity index is 393. The molecule has 0 saturated carbocycles. The topological polar surface area (TPSA) is 29.5 Å². The largest absolute Gasteiger partial charge is 0.496 e. The number of halogens is 1. The van der Waals surface area contributed by atoms with E-state index < -0.39 is 0 Å². The van der Waals surface area contributed by atoms with Crippen LogP contribution in [0.15, 0.2) is 18.2 Å². The van der Waals surface area contributed by atoms with Crippen molar-refractivity contribution in [1.82, 2.24) is 4.90 Å². The molecule has 0 fully saturated rings. The summed E-state index contributed by atoms with van der Waals surface area (Å²) in [6, 6.07) is 5.99. The molecule has 4 heteroatoms. The second kappa shape index (κ2) is 6.64. The Morgan fingerprint density at radius 1 is 1.47 bits per heavy atom. The van der Waals surface area contributed by atoms with E-state index in [2.05, 4.69) is 22.0 Å². The highest BCUT2D eigenvalue weighted by molar-refractivity contribution is 9.09. The summed E-state index contributed by atoms with van der Waals surface area (Å²) in [7, 11) is 3.46. The summed E-state index contributed by atoms with van der Waals surface area (Å²) in [5, 5.41) is 0.696. The van der Waals surface area contributed by atoms with Crippen molar-refractivity contribution in [2.45, 2.75) is 19.9 Å². The Morgan fingerprint density at radius 2 is 2.18 bits per heavy atom. The second-order valence-corrected chi connectivity index (χ2v) is 4.80. The van der Waals surface area contributed by atoms with Gasteiger partial charge in [-0.1, -0.05) is 33.6 Å². The Kier molecular flexibility index (Phi) is 5.48. The van der Waals surface area contributed by atoms with E-state index in [1.54, 1.807) is 12.0 Å². The highest BCUT2D eigenvalue weighted by Crippen LogP contribution is 2.21. The van der Waals surface area contributed by atoms with Gasteiger partial charge in [0.25, 0.3) is 0 Å². The Labute approximate surface area is 111 Å². The number of carbonyl (C=O) groups excluding carboxylic acids is 1. The van der Waals surface area contributed by atoms with Gasteiger partial charge in [0.1, 0.15) is 5.75 Å². The lowest BCUT2D eigenvalue weighted by atomic mass is 10.1. The third kappa shape index (κ3) is 4.04. The second-order valence-electron chi connectivity index (χ2n) is 4.00. The molecule has 0 unspecified atom stereocenters. The van der Waals surface area contributed by atoms with Crippen LogP contribution in [0, 0.1) is 6.92 Å². The molecule has 0 aromatic heterocycles. The van der Waals surface area contributed by atoms with E-state index in [1.807, 2.05) is 26.1 Å². The van der Waals surface area contributed by atoms with Crippen LogP contribution in [-0.4, -0.2) is 30.3 Å². The molecule has 1 aromatic carbocycles. The fraction of sp³-hybridized carbons (Fsp3) is 0.462. The third-order valence-electron chi connectivity index (χ3n) is 2.58. The van der Waals surface area contributed by atoms with Crippen LogP contribution in [0.1, 0.15) is 17.5 Å². The van der Waals surface area contributed by atoms with E-state index in [9.17, 15) is 4.79 Å². The summed E-state index contributed by atoms with van der Waals surface area (Å²) >= 11 is 3.27. The summed E-state index contributed by atoms with van der Waals surface area (Å²) in [5.41, 5.74) is 2.21. The monoisotopic (exact) mass is 299 g/mol. The number of methoxy groups -OCH3 is 1. The first-order valence-electron chi connectivity index (χ1n) is 5.52. The number of amides is 1. The number of nitrogens with zero attached hydrogens (tertiary/aromatic N) is 1. The Morgan fingerprint density at radius 3 is 2.76 bits per heavy atom. The molecule has 3 nitrogen and oxygen atoms in total. The van der Waals surface area contributed by atoms with Crippen LogP contribution in [0.2, 0.25) is 0 Å². The summed E-state index contributed by atoms with van der Waals surface area (Å²) in [6.45, 7) is 2.61. The number of hydrogen-bond donors (Lipinski definition) is 0. The molecular formula is C13H18BrNO2. The first-order chi connectivity index (χ1) is 8.08. The first-order valence-corrected chi connectivity index (χ1v) is 6.64. The quantitative estimate of drug-likeness (QED) is 0.783. The van der Waals surface area contributed by atoms with E-state index in [1.165, 1.54) is 5.56 Å². The fourth-order valence-corrected chi connectivity index (χ4v) is 1.99. The average molecular weight is 300 g/mol. The number of rotatable bonds is 5. The molecule has 0 atom stereocenters. The number of hydrogen-bond acceptors (Lipinski definition) is 2. The van der Waals surface area contributed by atoms with Gasteiger partial charge in [0.2, 0.25) is 5.91 Å². The zero-order chi connectivity index (χ0) is 12.8. The SMILES string of the molecule is COc1ccc(C)cc1CN(C)C(=O)CCBr. The molecule has 0 heterocycles. The van der Waals surface area contributed by atoms with Crippen molar-refractivity contribution >= 4 is 21.8 Å².